The maximum absolute atomic E-state index is 11.9. The molecule has 0 radical (unpaired) electrons. The van der Waals surface area contributed by atoms with Crippen LogP contribution in [0, 0.1) is 5.41 Å². The second-order valence-corrected chi connectivity index (χ2v) is 5.42. The number of rotatable bonds is 4. The van der Waals surface area contributed by atoms with Crippen molar-refractivity contribution in [2.75, 3.05) is 6.61 Å². The molecule has 0 saturated heterocycles. The Kier molecular flexibility index (Phi) is 4.18. The number of aromatic nitrogens is 1. The third-order valence-corrected chi connectivity index (χ3v) is 3.87. The van der Waals surface area contributed by atoms with Crippen LogP contribution in [0.2, 0.25) is 0 Å². The molecule has 1 aromatic heterocycles. The van der Waals surface area contributed by atoms with Crippen LogP contribution in [-0.4, -0.2) is 28.8 Å². The molecule has 5 heteroatoms. The van der Waals surface area contributed by atoms with Gasteiger partial charge in [-0.25, -0.2) is 0 Å². The van der Waals surface area contributed by atoms with E-state index in [-0.39, 0.29) is 11.9 Å². The van der Waals surface area contributed by atoms with Crippen molar-refractivity contribution in [3.05, 3.63) is 29.6 Å². The first kappa shape index (κ1) is 14.7. The van der Waals surface area contributed by atoms with Crippen molar-refractivity contribution in [2.45, 2.75) is 44.6 Å². The van der Waals surface area contributed by atoms with Gasteiger partial charge in [-0.1, -0.05) is 6.07 Å². The van der Waals surface area contributed by atoms with E-state index in [0.29, 0.717) is 30.9 Å². The van der Waals surface area contributed by atoms with Crippen molar-refractivity contribution >= 4 is 11.7 Å². The highest BCUT2D eigenvalue weighted by atomic mass is 16.5. The Hall–Kier alpha value is -1.75. The molecule has 3 N–H and O–H groups in total. The lowest BCUT2D eigenvalue weighted by molar-refractivity contribution is -0.149. The van der Waals surface area contributed by atoms with E-state index in [1.165, 1.54) is 0 Å². The summed E-state index contributed by atoms with van der Waals surface area (Å²) in [6.45, 7) is 3.86. The van der Waals surface area contributed by atoms with E-state index in [2.05, 4.69) is 4.98 Å². The number of nitrogens with zero attached hydrogens (tertiary/aromatic N) is 1. The molecule has 0 aliphatic heterocycles. The van der Waals surface area contributed by atoms with Crippen LogP contribution in [0.25, 0.3) is 0 Å². The highest BCUT2D eigenvalue weighted by Gasteiger charge is 2.43. The van der Waals surface area contributed by atoms with Gasteiger partial charge in [0.2, 0.25) is 0 Å². The van der Waals surface area contributed by atoms with Gasteiger partial charge in [0.1, 0.15) is 5.54 Å². The van der Waals surface area contributed by atoms with Crippen LogP contribution < -0.4 is 5.73 Å². The summed E-state index contributed by atoms with van der Waals surface area (Å²) in [5, 5.41) is 7.54. The van der Waals surface area contributed by atoms with E-state index in [1.807, 2.05) is 12.1 Å². The van der Waals surface area contributed by atoms with Crippen LogP contribution in [0.5, 0.6) is 0 Å². The number of hydrogen-bond acceptors (Lipinski definition) is 5. The van der Waals surface area contributed by atoms with Gasteiger partial charge in [0.15, 0.2) is 0 Å². The van der Waals surface area contributed by atoms with Crippen molar-refractivity contribution < 1.29 is 9.53 Å². The van der Waals surface area contributed by atoms with Crippen LogP contribution in [0.4, 0.5) is 0 Å². The van der Waals surface area contributed by atoms with Gasteiger partial charge in [0.25, 0.3) is 0 Å². The monoisotopic (exact) mass is 275 g/mol. The summed E-state index contributed by atoms with van der Waals surface area (Å²) in [7, 11) is 0. The standard InChI is InChI=1S/C15H21N3O2/c1-3-20-14(19)15(17)7-6-11(8-15)12-4-5-13(10(2)16)18-9-12/h4-5,9,11,16H,3,6-8,17H2,1-2H3. The fourth-order valence-electron chi connectivity index (χ4n) is 2.69. The normalized spacial score (nSPS) is 25.4. The molecule has 0 aromatic carbocycles. The molecular weight excluding hydrogens is 254 g/mol. The Morgan fingerprint density at radius 3 is 2.90 bits per heavy atom. The fourth-order valence-corrected chi connectivity index (χ4v) is 2.69. The second-order valence-electron chi connectivity index (χ2n) is 5.42. The fraction of sp³-hybridized carbons (Fsp3) is 0.533. The SMILES string of the molecule is CCOC(=O)C1(N)CCC(c2ccc(C(C)=N)nc2)C1. The predicted octanol–water partition coefficient (Wildman–Crippen LogP) is 2.00. The molecule has 2 atom stereocenters. The molecule has 1 saturated carbocycles. The molecule has 1 heterocycles. The smallest absolute Gasteiger partial charge is 0.326 e. The third-order valence-electron chi connectivity index (χ3n) is 3.87. The average Bonchev–Trinajstić information content (AvgIpc) is 2.83. The van der Waals surface area contributed by atoms with E-state index in [1.54, 1.807) is 20.0 Å². The molecule has 0 amide bonds. The number of nitrogens with one attached hydrogen (secondary N) is 1. The van der Waals surface area contributed by atoms with Gasteiger partial charge in [0, 0.05) is 6.20 Å². The zero-order chi connectivity index (χ0) is 14.8. The van der Waals surface area contributed by atoms with Gasteiger partial charge >= 0.3 is 5.97 Å². The molecule has 1 aliphatic carbocycles. The molecule has 0 bridgehead atoms. The first-order valence-electron chi connectivity index (χ1n) is 6.94. The minimum Gasteiger partial charge on any atom is -0.465 e. The number of carbonyl (C=O) groups excluding carboxylic acids is 1. The molecule has 5 nitrogen and oxygen atoms in total. The lowest BCUT2D eigenvalue weighted by Gasteiger charge is -2.21. The molecule has 20 heavy (non-hydrogen) atoms. The average molecular weight is 275 g/mol. The largest absolute Gasteiger partial charge is 0.465 e. The van der Waals surface area contributed by atoms with E-state index in [9.17, 15) is 4.79 Å². The number of ether oxygens (including phenoxy) is 1. The van der Waals surface area contributed by atoms with E-state index < -0.39 is 5.54 Å². The van der Waals surface area contributed by atoms with E-state index in [0.717, 1.165) is 12.0 Å². The molecule has 108 valence electrons. The first-order valence-corrected chi connectivity index (χ1v) is 6.94. The number of carbonyl (C=O) groups is 1. The molecule has 1 fully saturated rings. The highest BCUT2D eigenvalue weighted by Crippen LogP contribution is 2.40. The highest BCUT2D eigenvalue weighted by molar-refractivity contribution is 5.94. The molecule has 1 aromatic rings. The number of esters is 1. The zero-order valence-corrected chi connectivity index (χ0v) is 12.0. The molecular formula is C15H21N3O2. The van der Waals surface area contributed by atoms with Gasteiger partial charge in [0.05, 0.1) is 18.0 Å². The summed E-state index contributed by atoms with van der Waals surface area (Å²) < 4.78 is 5.06. The summed E-state index contributed by atoms with van der Waals surface area (Å²) in [4.78, 5) is 16.2. The quantitative estimate of drug-likeness (QED) is 0.649. The Labute approximate surface area is 119 Å². The van der Waals surface area contributed by atoms with Crippen LogP contribution in [-0.2, 0) is 9.53 Å². The van der Waals surface area contributed by atoms with Gasteiger partial charge in [-0.05, 0) is 50.7 Å². The predicted molar refractivity (Wildman–Crippen MR) is 76.9 cm³/mol. The molecule has 1 aliphatic rings. The zero-order valence-electron chi connectivity index (χ0n) is 12.0. The van der Waals surface area contributed by atoms with Crippen molar-refractivity contribution in [1.29, 1.82) is 5.41 Å². The lowest BCUT2D eigenvalue weighted by atomic mass is 9.94. The van der Waals surface area contributed by atoms with Crippen molar-refractivity contribution in [3.8, 4) is 0 Å². The van der Waals surface area contributed by atoms with Crippen LogP contribution in [0.3, 0.4) is 0 Å². The minimum atomic E-state index is -0.864. The third kappa shape index (κ3) is 2.88. The van der Waals surface area contributed by atoms with Crippen molar-refractivity contribution in [3.63, 3.8) is 0 Å². The minimum absolute atomic E-state index is 0.233. The Balaban J connectivity index is 2.09. The Morgan fingerprint density at radius 2 is 2.35 bits per heavy atom. The molecule has 2 rings (SSSR count). The Bertz CT molecular complexity index is 512. The van der Waals surface area contributed by atoms with Crippen molar-refractivity contribution in [2.24, 2.45) is 5.73 Å². The topological polar surface area (TPSA) is 89.1 Å². The summed E-state index contributed by atoms with van der Waals surface area (Å²) >= 11 is 0. The first-order chi connectivity index (χ1) is 9.46. The number of pyridine rings is 1. The summed E-state index contributed by atoms with van der Waals surface area (Å²) in [5.74, 6) is -0.0700. The summed E-state index contributed by atoms with van der Waals surface area (Å²) in [5.41, 5.74) is 7.50. The lowest BCUT2D eigenvalue weighted by Crippen LogP contribution is -2.46. The summed E-state index contributed by atoms with van der Waals surface area (Å²) in [6.07, 6.45) is 3.88. The van der Waals surface area contributed by atoms with Crippen LogP contribution >= 0.6 is 0 Å². The molecule has 2 unspecified atom stereocenters. The summed E-state index contributed by atoms with van der Waals surface area (Å²) in [6, 6.07) is 3.82. The van der Waals surface area contributed by atoms with Gasteiger partial charge < -0.3 is 15.9 Å². The second kappa shape index (κ2) is 5.71. The van der Waals surface area contributed by atoms with E-state index in [4.69, 9.17) is 15.9 Å². The van der Waals surface area contributed by atoms with Crippen molar-refractivity contribution in [1.82, 2.24) is 4.98 Å². The number of hydrogen-bond donors (Lipinski definition) is 2. The van der Waals surface area contributed by atoms with Gasteiger partial charge in [-0.2, -0.15) is 0 Å². The van der Waals surface area contributed by atoms with Gasteiger partial charge in [-0.15, -0.1) is 0 Å². The molecule has 0 spiro atoms. The van der Waals surface area contributed by atoms with Crippen LogP contribution in [0.15, 0.2) is 18.3 Å². The van der Waals surface area contributed by atoms with Crippen LogP contribution in [0.1, 0.15) is 50.3 Å². The Morgan fingerprint density at radius 1 is 1.60 bits per heavy atom. The maximum Gasteiger partial charge on any atom is 0.326 e. The number of nitrogens with two attached hydrogens (primary N) is 1. The van der Waals surface area contributed by atoms with Gasteiger partial charge in [-0.3, -0.25) is 9.78 Å². The maximum atomic E-state index is 11.9. The van der Waals surface area contributed by atoms with E-state index >= 15 is 0 Å².